The topological polar surface area (TPSA) is 69.4 Å². The highest BCUT2D eigenvalue weighted by molar-refractivity contribution is 5.95. The zero-order valence-corrected chi connectivity index (χ0v) is 10.2. The number of rotatable bonds is 7. The molecule has 0 aromatic heterocycles. The maximum Gasteiger partial charge on any atom is 0.255 e. The van der Waals surface area contributed by atoms with Gasteiger partial charge in [-0.1, -0.05) is 6.07 Å². The van der Waals surface area contributed by atoms with Gasteiger partial charge in [0.25, 0.3) is 5.91 Å². The lowest BCUT2D eigenvalue weighted by atomic mass is 10.1. The third kappa shape index (κ3) is 4.16. The van der Waals surface area contributed by atoms with Crippen molar-refractivity contribution in [1.82, 2.24) is 0 Å². The van der Waals surface area contributed by atoms with Gasteiger partial charge >= 0.3 is 0 Å². The van der Waals surface area contributed by atoms with Gasteiger partial charge in [-0.05, 0) is 31.9 Å². The van der Waals surface area contributed by atoms with Crippen LogP contribution in [0.15, 0.2) is 18.2 Å². The Hall–Kier alpha value is -1.91. The quantitative estimate of drug-likeness (QED) is 0.756. The van der Waals surface area contributed by atoms with E-state index in [1.165, 1.54) is 19.1 Å². The molecule has 0 aliphatic rings. The summed E-state index contributed by atoms with van der Waals surface area (Å²) in [6, 6.07) is 4.10. The molecule has 0 heterocycles. The maximum atomic E-state index is 13.4. The van der Waals surface area contributed by atoms with E-state index >= 15 is 0 Å². The second kappa shape index (κ2) is 6.74. The number of amides is 1. The average molecular weight is 253 g/mol. The van der Waals surface area contributed by atoms with Crippen LogP contribution in [0.25, 0.3) is 0 Å². The van der Waals surface area contributed by atoms with Crippen molar-refractivity contribution in [2.45, 2.75) is 26.2 Å². The Morgan fingerprint density at radius 1 is 1.33 bits per heavy atom. The van der Waals surface area contributed by atoms with Gasteiger partial charge in [0.1, 0.15) is 22.9 Å². The van der Waals surface area contributed by atoms with Gasteiger partial charge in [0, 0.05) is 6.42 Å². The van der Waals surface area contributed by atoms with Crippen molar-refractivity contribution < 1.29 is 18.7 Å². The van der Waals surface area contributed by atoms with E-state index in [2.05, 4.69) is 0 Å². The van der Waals surface area contributed by atoms with Crippen LogP contribution in [-0.4, -0.2) is 18.3 Å². The Bertz CT molecular complexity index is 446. The Labute approximate surface area is 105 Å². The fourth-order valence-electron chi connectivity index (χ4n) is 1.52. The Balaban J connectivity index is 2.54. The highest BCUT2D eigenvalue weighted by Gasteiger charge is 2.14. The van der Waals surface area contributed by atoms with E-state index in [0.29, 0.717) is 25.9 Å². The van der Waals surface area contributed by atoms with Gasteiger partial charge < -0.3 is 15.3 Å². The van der Waals surface area contributed by atoms with E-state index in [-0.39, 0.29) is 17.1 Å². The number of carbonyl (C=O) groups is 2. The van der Waals surface area contributed by atoms with Gasteiger partial charge in [-0.3, -0.25) is 4.79 Å². The minimum absolute atomic E-state index is 0.124. The smallest absolute Gasteiger partial charge is 0.255 e. The number of hydrogen-bond donors (Lipinski definition) is 1. The van der Waals surface area contributed by atoms with Crippen LogP contribution >= 0.6 is 0 Å². The van der Waals surface area contributed by atoms with Crippen molar-refractivity contribution in [3.63, 3.8) is 0 Å². The molecule has 1 amide bonds. The first-order valence-corrected chi connectivity index (χ1v) is 5.73. The van der Waals surface area contributed by atoms with Gasteiger partial charge in [0.15, 0.2) is 0 Å². The van der Waals surface area contributed by atoms with Crippen molar-refractivity contribution in [2.75, 3.05) is 6.61 Å². The van der Waals surface area contributed by atoms with E-state index in [9.17, 15) is 14.0 Å². The molecule has 0 spiro atoms. The minimum atomic E-state index is -0.855. The van der Waals surface area contributed by atoms with Crippen LogP contribution in [-0.2, 0) is 4.79 Å². The molecule has 4 nitrogen and oxygen atoms in total. The molecule has 1 aromatic carbocycles. The molecule has 5 heteroatoms. The largest absolute Gasteiger partial charge is 0.493 e. The maximum absolute atomic E-state index is 13.4. The number of halogens is 1. The molecule has 0 saturated heterocycles. The summed E-state index contributed by atoms with van der Waals surface area (Å²) in [6.07, 6.45) is 1.86. The minimum Gasteiger partial charge on any atom is -0.493 e. The first-order chi connectivity index (χ1) is 8.52. The number of unbranched alkanes of at least 4 members (excludes halogenated alkanes) is 1. The number of primary amides is 1. The summed E-state index contributed by atoms with van der Waals surface area (Å²) < 4.78 is 18.7. The summed E-state index contributed by atoms with van der Waals surface area (Å²) in [5.74, 6) is -1.28. The lowest BCUT2D eigenvalue weighted by Crippen LogP contribution is -2.15. The molecule has 0 aliphatic carbocycles. The van der Waals surface area contributed by atoms with Crippen molar-refractivity contribution in [3.8, 4) is 5.75 Å². The summed E-state index contributed by atoms with van der Waals surface area (Å²) >= 11 is 0. The molecular weight excluding hydrogens is 237 g/mol. The molecule has 1 aromatic rings. The summed E-state index contributed by atoms with van der Waals surface area (Å²) in [5.41, 5.74) is 4.85. The van der Waals surface area contributed by atoms with Crippen LogP contribution in [0.3, 0.4) is 0 Å². The van der Waals surface area contributed by atoms with E-state index in [1.807, 2.05) is 0 Å². The SMILES string of the molecule is CC(=O)CCCCOc1cccc(F)c1C(N)=O. The highest BCUT2D eigenvalue weighted by Crippen LogP contribution is 2.21. The van der Waals surface area contributed by atoms with E-state index < -0.39 is 11.7 Å². The second-order valence-electron chi connectivity index (χ2n) is 3.98. The Morgan fingerprint density at radius 2 is 2.06 bits per heavy atom. The molecule has 0 aliphatic heterocycles. The summed E-state index contributed by atoms with van der Waals surface area (Å²) in [7, 11) is 0. The zero-order valence-electron chi connectivity index (χ0n) is 10.2. The number of carbonyl (C=O) groups excluding carboxylic acids is 2. The monoisotopic (exact) mass is 253 g/mol. The standard InChI is InChI=1S/C13H16FNO3/c1-9(16)5-2-3-8-18-11-7-4-6-10(14)12(11)13(15)17/h4,6-7H,2-3,5,8H2,1H3,(H2,15,17). The molecule has 98 valence electrons. The lowest BCUT2D eigenvalue weighted by molar-refractivity contribution is -0.117. The van der Waals surface area contributed by atoms with E-state index in [4.69, 9.17) is 10.5 Å². The molecule has 2 N–H and O–H groups in total. The van der Waals surface area contributed by atoms with Crippen LogP contribution in [0.2, 0.25) is 0 Å². The number of nitrogens with two attached hydrogens (primary N) is 1. The van der Waals surface area contributed by atoms with Gasteiger partial charge in [-0.25, -0.2) is 4.39 Å². The molecule has 0 saturated carbocycles. The number of benzene rings is 1. The van der Waals surface area contributed by atoms with Gasteiger partial charge in [0.2, 0.25) is 0 Å². The lowest BCUT2D eigenvalue weighted by Gasteiger charge is -2.09. The van der Waals surface area contributed by atoms with Crippen LogP contribution < -0.4 is 10.5 Å². The van der Waals surface area contributed by atoms with Crippen molar-refractivity contribution in [1.29, 1.82) is 0 Å². The predicted molar refractivity (Wildman–Crippen MR) is 64.9 cm³/mol. The van der Waals surface area contributed by atoms with E-state index in [1.54, 1.807) is 0 Å². The molecule has 0 atom stereocenters. The fourth-order valence-corrected chi connectivity index (χ4v) is 1.52. The summed E-state index contributed by atoms with van der Waals surface area (Å²) in [6.45, 7) is 1.84. The van der Waals surface area contributed by atoms with Crippen molar-refractivity contribution >= 4 is 11.7 Å². The van der Waals surface area contributed by atoms with Crippen LogP contribution in [0, 0.1) is 5.82 Å². The number of hydrogen-bond acceptors (Lipinski definition) is 3. The molecule has 0 bridgehead atoms. The number of ketones is 1. The van der Waals surface area contributed by atoms with Crippen LogP contribution in [0.5, 0.6) is 5.75 Å². The Morgan fingerprint density at radius 3 is 2.67 bits per heavy atom. The third-order valence-corrected chi connectivity index (χ3v) is 2.40. The summed E-state index contributed by atoms with van der Waals surface area (Å²) in [4.78, 5) is 21.8. The van der Waals surface area contributed by atoms with Crippen LogP contribution in [0.4, 0.5) is 4.39 Å². The first-order valence-electron chi connectivity index (χ1n) is 5.73. The first kappa shape index (κ1) is 14.2. The fraction of sp³-hybridized carbons (Fsp3) is 0.385. The van der Waals surface area contributed by atoms with Gasteiger partial charge in [0.05, 0.1) is 6.61 Å². The highest BCUT2D eigenvalue weighted by atomic mass is 19.1. The second-order valence-corrected chi connectivity index (χ2v) is 3.98. The predicted octanol–water partition coefficient (Wildman–Crippen LogP) is 2.06. The van der Waals surface area contributed by atoms with Crippen molar-refractivity contribution in [3.05, 3.63) is 29.6 Å². The molecule has 0 radical (unpaired) electrons. The molecule has 0 unspecified atom stereocenters. The number of Topliss-reactive ketones (excluding diaryl/α,β-unsaturated/α-hetero) is 1. The average Bonchev–Trinajstić information content (AvgIpc) is 2.27. The normalized spacial score (nSPS) is 10.1. The van der Waals surface area contributed by atoms with Gasteiger partial charge in [-0.2, -0.15) is 0 Å². The zero-order chi connectivity index (χ0) is 13.5. The molecule has 0 fully saturated rings. The van der Waals surface area contributed by atoms with Crippen LogP contribution in [0.1, 0.15) is 36.5 Å². The van der Waals surface area contributed by atoms with Gasteiger partial charge in [-0.15, -0.1) is 0 Å². The Kier molecular flexibility index (Phi) is 5.30. The summed E-state index contributed by atoms with van der Waals surface area (Å²) in [5, 5.41) is 0. The molecular formula is C13H16FNO3. The number of ether oxygens (including phenoxy) is 1. The van der Waals surface area contributed by atoms with Crippen molar-refractivity contribution in [2.24, 2.45) is 5.73 Å². The molecule has 1 rings (SSSR count). The molecule has 18 heavy (non-hydrogen) atoms. The van der Waals surface area contributed by atoms with E-state index in [0.717, 1.165) is 6.07 Å². The third-order valence-electron chi connectivity index (χ3n) is 2.40.